The number of nitrogens with one attached hydrogen (secondary N) is 1. The normalized spacial score (nSPS) is 20.4. The predicted molar refractivity (Wildman–Crippen MR) is 76.8 cm³/mol. The van der Waals surface area contributed by atoms with Gasteiger partial charge in [-0.25, -0.2) is 9.97 Å². The van der Waals surface area contributed by atoms with E-state index >= 15 is 0 Å². The van der Waals surface area contributed by atoms with Crippen molar-refractivity contribution in [3.63, 3.8) is 0 Å². The molecule has 0 aromatic carbocycles. The van der Waals surface area contributed by atoms with Gasteiger partial charge in [0.25, 0.3) is 0 Å². The van der Waals surface area contributed by atoms with Crippen molar-refractivity contribution in [2.75, 3.05) is 26.2 Å². The largest absolute Gasteiger partial charge is 0.367 e. The highest BCUT2D eigenvalue weighted by Crippen LogP contribution is 2.20. The summed E-state index contributed by atoms with van der Waals surface area (Å²) >= 11 is 1.74. The van der Waals surface area contributed by atoms with Crippen LogP contribution in [-0.4, -0.2) is 51.3 Å². The van der Waals surface area contributed by atoms with Gasteiger partial charge in [-0.1, -0.05) is 0 Å². The summed E-state index contributed by atoms with van der Waals surface area (Å²) in [6.45, 7) is 7.58. The monoisotopic (exact) mass is 293 g/mol. The highest BCUT2D eigenvalue weighted by Gasteiger charge is 2.24. The first kappa shape index (κ1) is 13.7. The van der Waals surface area contributed by atoms with Gasteiger partial charge in [-0.2, -0.15) is 5.10 Å². The quantitative estimate of drug-likeness (QED) is 0.925. The van der Waals surface area contributed by atoms with E-state index in [0.29, 0.717) is 0 Å². The number of H-pyrrole nitrogens is 1. The molecule has 108 valence electrons. The van der Waals surface area contributed by atoms with Crippen molar-refractivity contribution in [3.8, 4) is 0 Å². The fourth-order valence-corrected chi connectivity index (χ4v) is 3.16. The van der Waals surface area contributed by atoms with Crippen LogP contribution in [0, 0.1) is 13.8 Å². The second-order valence-corrected chi connectivity index (χ2v) is 5.99. The van der Waals surface area contributed by atoms with Crippen LogP contribution in [-0.2, 0) is 11.2 Å². The Balaban J connectivity index is 1.57. The average Bonchev–Trinajstić information content (AvgIpc) is 3.06. The van der Waals surface area contributed by atoms with Crippen LogP contribution >= 0.6 is 11.3 Å². The second-order valence-electron chi connectivity index (χ2n) is 5.05. The van der Waals surface area contributed by atoms with Crippen LogP contribution in [0.3, 0.4) is 0 Å². The van der Waals surface area contributed by atoms with Gasteiger partial charge in [0, 0.05) is 24.5 Å². The zero-order valence-electron chi connectivity index (χ0n) is 11.8. The number of ether oxygens (including phenoxy) is 1. The minimum Gasteiger partial charge on any atom is -0.367 e. The molecular formula is C13H19N5OS. The Morgan fingerprint density at radius 1 is 1.50 bits per heavy atom. The molecule has 1 saturated heterocycles. The van der Waals surface area contributed by atoms with E-state index in [1.165, 1.54) is 4.88 Å². The summed E-state index contributed by atoms with van der Waals surface area (Å²) in [7, 11) is 0. The molecule has 1 unspecified atom stereocenters. The molecule has 1 aliphatic heterocycles. The van der Waals surface area contributed by atoms with Crippen LogP contribution < -0.4 is 0 Å². The van der Waals surface area contributed by atoms with Crippen molar-refractivity contribution in [2.24, 2.45) is 0 Å². The Morgan fingerprint density at radius 2 is 2.40 bits per heavy atom. The van der Waals surface area contributed by atoms with Gasteiger partial charge in [0.1, 0.15) is 11.9 Å². The molecule has 0 amide bonds. The molecule has 20 heavy (non-hydrogen) atoms. The lowest BCUT2D eigenvalue weighted by Gasteiger charge is -2.31. The van der Waals surface area contributed by atoms with Crippen LogP contribution in [0.5, 0.6) is 0 Å². The van der Waals surface area contributed by atoms with Gasteiger partial charge in [-0.05, 0) is 20.3 Å². The van der Waals surface area contributed by atoms with Gasteiger partial charge in [-0.3, -0.25) is 10.00 Å². The molecule has 0 spiro atoms. The number of aromatic amines is 1. The van der Waals surface area contributed by atoms with Crippen molar-refractivity contribution in [1.82, 2.24) is 25.1 Å². The minimum atomic E-state index is -0.0174. The van der Waals surface area contributed by atoms with E-state index in [1.54, 1.807) is 11.3 Å². The van der Waals surface area contributed by atoms with E-state index in [0.717, 1.165) is 50.0 Å². The average molecular weight is 293 g/mol. The molecule has 0 bridgehead atoms. The third-order valence-corrected chi connectivity index (χ3v) is 4.55. The molecule has 1 fully saturated rings. The van der Waals surface area contributed by atoms with Crippen LogP contribution in [0.2, 0.25) is 0 Å². The Morgan fingerprint density at radius 3 is 3.10 bits per heavy atom. The zero-order chi connectivity index (χ0) is 13.9. The molecule has 1 N–H and O–H groups in total. The Hall–Kier alpha value is -1.31. The summed E-state index contributed by atoms with van der Waals surface area (Å²) in [5.41, 5.74) is 3.08. The van der Waals surface area contributed by atoms with Crippen molar-refractivity contribution in [1.29, 1.82) is 0 Å². The number of hydrogen-bond acceptors (Lipinski definition) is 6. The first-order chi connectivity index (χ1) is 9.72. The number of aryl methyl sites for hydroxylation is 2. The summed E-state index contributed by atoms with van der Waals surface area (Å²) in [5.74, 6) is 1.60. The van der Waals surface area contributed by atoms with E-state index in [-0.39, 0.29) is 6.10 Å². The highest BCUT2D eigenvalue weighted by molar-refractivity contribution is 7.09. The lowest BCUT2D eigenvalue weighted by atomic mass is 10.2. The first-order valence-corrected chi connectivity index (χ1v) is 7.72. The first-order valence-electron chi connectivity index (χ1n) is 6.84. The predicted octanol–water partition coefficient (Wildman–Crippen LogP) is 1.49. The molecule has 6 nitrogen and oxygen atoms in total. The smallest absolute Gasteiger partial charge is 0.180 e. The Labute approximate surface area is 122 Å². The standard InChI is InChI=1S/C13H19N5OS/c1-9-12(20-8-14-9)3-4-18-5-6-19-11(7-18)13-15-10(2)16-17-13/h8,11H,3-7H2,1-2H3,(H,15,16,17). The number of aromatic nitrogens is 4. The zero-order valence-corrected chi connectivity index (χ0v) is 12.6. The molecule has 2 aromatic rings. The number of thiazole rings is 1. The van der Waals surface area contributed by atoms with E-state index in [1.807, 2.05) is 12.4 Å². The van der Waals surface area contributed by atoms with Gasteiger partial charge in [0.15, 0.2) is 5.82 Å². The summed E-state index contributed by atoms with van der Waals surface area (Å²) in [6.07, 6.45) is 1.03. The van der Waals surface area contributed by atoms with Gasteiger partial charge < -0.3 is 4.74 Å². The Kier molecular flexibility index (Phi) is 4.09. The SMILES string of the molecule is Cc1nc(C2CN(CCc3scnc3C)CCO2)n[nH]1. The van der Waals surface area contributed by atoms with Crippen molar-refractivity contribution in [3.05, 3.63) is 27.7 Å². The van der Waals surface area contributed by atoms with Crippen molar-refractivity contribution in [2.45, 2.75) is 26.4 Å². The second kappa shape index (κ2) is 5.99. The number of rotatable bonds is 4. The summed E-state index contributed by atoms with van der Waals surface area (Å²) in [5, 5.41) is 7.08. The summed E-state index contributed by atoms with van der Waals surface area (Å²) < 4.78 is 5.77. The molecule has 0 radical (unpaired) electrons. The van der Waals surface area contributed by atoms with Crippen LogP contribution in [0.15, 0.2) is 5.51 Å². The van der Waals surface area contributed by atoms with Gasteiger partial charge in [0.05, 0.1) is 17.8 Å². The molecule has 0 aliphatic carbocycles. The molecule has 3 heterocycles. The number of morpholine rings is 1. The maximum Gasteiger partial charge on any atom is 0.180 e. The summed E-state index contributed by atoms with van der Waals surface area (Å²) in [4.78, 5) is 12.5. The van der Waals surface area contributed by atoms with Crippen LogP contribution in [0.1, 0.15) is 28.3 Å². The van der Waals surface area contributed by atoms with Gasteiger partial charge in [0.2, 0.25) is 0 Å². The van der Waals surface area contributed by atoms with Crippen LogP contribution in [0.25, 0.3) is 0 Å². The number of nitrogens with zero attached hydrogens (tertiary/aromatic N) is 4. The maximum atomic E-state index is 5.77. The van der Waals surface area contributed by atoms with Crippen LogP contribution in [0.4, 0.5) is 0 Å². The molecule has 0 saturated carbocycles. The lowest BCUT2D eigenvalue weighted by molar-refractivity contribution is -0.0337. The fourth-order valence-electron chi connectivity index (χ4n) is 2.39. The number of hydrogen-bond donors (Lipinski definition) is 1. The molecule has 3 rings (SSSR count). The lowest BCUT2D eigenvalue weighted by Crippen LogP contribution is -2.39. The topological polar surface area (TPSA) is 66.9 Å². The van der Waals surface area contributed by atoms with Gasteiger partial charge in [-0.15, -0.1) is 11.3 Å². The van der Waals surface area contributed by atoms with E-state index < -0.39 is 0 Å². The third kappa shape index (κ3) is 3.05. The summed E-state index contributed by atoms with van der Waals surface area (Å²) in [6, 6.07) is 0. The van der Waals surface area contributed by atoms with E-state index in [2.05, 4.69) is 32.0 Å². The highest BCUT2D eigenvalue weighted by atomic mass is 32.1. The minimum absolute atomic E-state index is 0.0174. The van der Waals surface area contributed by atoms with Gasteiger partial charge >= 0.3 is 0 Å². The molecule has 2 aromatic heterocycles. The van der Waals surface area contributed by atoms with Crippen molar-refractivity contribution < 1.29 is 4.74 Å². The Bertz CT molecular complexity index is 567. The third-order valence-electron chi connectivity index (χ3n) is 3.55. The maximum absolute atomic E-state index is 5.77. The molecular weight excluding hydrogens is 274 g/mol. The fraction of sp³-hybridized carbons (Fsp3) is 0.615. The van der Waals surface area contributed by atoms with Crippen molar-refractivity contribution >= 4 is 11.3 Å². The molecule has 1 aliphatic rings. The van der Waals surface area contributed by atoms with E-state index in [9.17, 15) is 0 Å². The van der Waals surface area contributed by atoms with E-state index in [4.69, 9.17) is 4.74 Å². The molecule has 7 heteroatoms. The molecule has 1 atom stereocenters.